The molecule has 21 heteroatoms. The number of hydrogen-bond donors (Lipinski definition) is 7. The fourth-order valence-electron chi connectivity index (χ4n) is 6.87. The maximum Gasteiger partial charge on any atom is 0.328 e. The van der Waals surface area contributed by atoms with E-state index in [9.17, 15) is 41.1 Å². The largest absolute Gasteiger partial charge is 0.396 e. The molecule has 0 spiro atoms. The monoisotopic (exact) mass is 934 g/mol. The topological polar surface area (TPSA) is 278 Å². The molecule has 0 fully saturated rings. The van der Waals surface area contributed by atoms with Gasteiger partial charge in [-0.3, -0.25) is 29.1 Å². The zero-order valence-corrected chi connectivity index (χ0v) is 37.6. The number of amides is 4. The van der Waals surface area contributed by atoms with E-state index in [1.807, 2.05) is 24.3 Å². The molecule has 4 amide bonds. The van der Waals surface area contributed by atoms with Gasteiger partial charge in [-0.05, 0) is 80.6 Å². The van der Waals surface area contributed by atoms with Crippen molar-refractivity contribution in [1.82, 2.24) is 29.9 Å². The first kappa shape index (κ1) is 49.7. The maximum atomic E-state index is 12.7. The van der Waals surface area contributed by atoms with Gasteiger partial charge in [0.1, 0.15) is 6.10 Å². The summed E-state index contributed by atoms with van der Waals surface area (Å²) in [5.74, 6) is 9.93. The lowest BCUT2D eigenvalue weighted by molar-refractivity contribution is -0.132. The Bertz CT molecular complexity index is 2800. The Balaban J connectivity index is 0.000000244. The molecule has 3 atom stereocenters. The van der Waals surface area contributed by atoms with Gasteiger partial charge in [0.25, 0.3) is 11.8 Å². The number of sulfone groups is 2. The van der Waals surface area contributed by atoms with Crippen LogP contribution in [0.4, 0.5) is 9.59 Å². The van der Waals surface area contributed by atoms with Crippen molar-refractivity contribution in [2.45, 2.75) is 61.8 Å². The van der Waals surface area contributed by atoms with Gasteiger partial charge < -0.3 is 25.1 Å². The predicted octanol–water partition coefficient (Wildman–Crippen LogP) is 1.30. The van der Waals surface area contributed by atoms with Crippen LogP contribution in [-0.2, 0) is 48.8 Å². The number of aliphatic hydroxyl groups is 3. The van der Waals surface area contributed by atoms with Crippen LogP contribution in [0.15, 0.2) is 73.1 Å². The SMILES string of the molecule is C[C@@](CCN1Cc2cc(C#Cc3ccc(CCO)cc3)cn2C1=O)(C(=O)NO)S(C)(=O)=O.C[C@@](CCN1Cc2cc(C#Cc3ccc([C@@H](O)CO)cc3)cn2C1=O)(C(=O)NO)S(C)(=O)=O. The summed E-state index contributed by atoms with van der Waals surface area (Å²) in [6.45, 7) is 2.68. The number of carbonyl (C=O) groups is 4. The van der Waals surface area contributed by atoms with Gasteiger partial charge in [0.05, 0.1) is 19.7 Å². The normalized spacial score (nSPS) is 15.5. The van der Waals surface area contributed by atoms with Crippen molar-refractivity contribution >= 4 is 43.6 Å². The quantitative estimate of drug-likeness (QED) is 0.0535. The average Bonchev–Trinajstić information content (AvgIpc) is 4.03. The minimum atomic E-state index is -3.85. The first-order chi connectivity index (χ1) is 30.6. The molecule has 0 unspecified atom stereocenters. The molecular formula is C44H50N6O13S2. The lowest BCUT2D eigenvalue weighted by Crippen LogP contribution is -2.50. The summed E-state index contributed by atoms with van der Waals surface area (Å²) in [7, 11) is -7.68. The van der Waals surface area contributed by atoms with Crippen LogP contribution in [-0.4, -0.2) is 134 Å². The molecule has 2 aromatic heterocycles. The third-order valence-electron chi connectivity index (χ3n) is 11.5. The Morgan fingerprint density at radius 2 is 1.06 bits per heavy atom. The summed E-state index contributed by atoms with van der Waals surface area (Å²) in [5, 5.41) is 45.4. The van der Waals surface area contributed by atoms with E-state index in [2.05, 4.69) is 23.7 Å². The summed E-state index contributed by atoms with van der Waals surface area (Å²) in [6, 6.07) is 17.2. The van der Waals surface area contributed by atoms with Crippen LogP contribution in [0.3, 0.4) is 0 Å². The summed E-state index contributed by atoms with van der Waals surface area (Å²) in [5.41, 5.74) is 8.60. The van der Waals surface area contributed by atoms with E-state index in [1.165, 1.54) is 43.7 Å². The van der Waals surface area contributed by atoms with E-state index in [-0.39, 0.29) is 64.3 Å². The molecule has 4 heterocycles. The molecule has 7 N–H and O–H groups in total. The van der Waals surface area contributed by atoms with Crippen molar-refractivity contribution in [2.24, 2.45) is 0 Å². The molecule has 4 aromatic rings. The van der Waals surface area contributed by atoms with Crippen LogP contribution in [0.5, 0.6) is 0 Å². The maximum absolute atomic E-state index is 12.7. The molecule has 346 valence electrons. The van der Waals surface area contributed by atoms with E-state index in [4.69, 9.17) is 20.6 Å². The van der Waals surface area contributed by atoms with Crippen molar-refractivity contribution in [3.05, 3.63) is 118 Å². The third kappa shape index (κ3) is 11.2. The lowest BCUT2D eigenvalue weighted by Gasteiger charge is -2.27. The number of hydroxylamine groups is 2. The number of aromatic nitrogens is 2. The second-order valence-electron chi connectivity index (χ2n) is 16.0. The third-order valence-corrected chi connectivity index (χ3v) is 15.6. The first-order valence-electron chi connectivity index (χ1n) is 20.0. The molecule has 2 aliphatic heterocycles. The van der Waals surface area contributed by atoms with Gasteiger partial charge in [0, 0.05) is 78.2 Å². The van der Waals surface area contributed by atoms with Gasteiger partial charge in [-0.2, -0.15) is 0 Å². The second-order valence-corrected chi connectivity index (χ2v) is 20.9. The number of rotatable bonds is 14. The Hall–Kier alpha value is -6.30. The van der Waals surface area contributed by atoms with E-state index >= 15 is 0 Å². The Morgan fingerprint density at radius 3 is 1.40 bits per heavy atom. The molecule has 2 aromatic carbocycles. The number of benzene rings is 2. The second kappa shape index (κ2) is 20.3. The smallest absolute Gasteiger partial charge is 0.328 e. The molecule has 0 bridgehead atoms. The van der Waals surface area contributed by atoms with Gasteiger partial charge in [-0.15, -0.1) is 0 Å². The number of aliphatic hydroxyl groups excluding tert-OH is 3. The number of nitrogens with one attached hydrogen (secondary N) is 2. The van der Waals surface area contributed by atoms with Gasteiger partial charge in [-0.1, -0.05) is 47.9 Å². The van der Waals surface area contributed by atoms with E-state index < -0.39 is 47.1 Å². The Kier molecular flexibility index (Phi) is 15.5. The molecule has 19 nitrogen and oxygen atoms in total. The van der Waals surface area contributed by atoms with Crippen molar-refractivity contribution in [1.29, 1.82) is 0 Å². The van der Waals surface area contributed by atoms with Gasteiger partial charge >= 0.3 is 12.1 Å². The molecule has 2 aliphatic rings. The average molecular weight is 935 g/mol. The highest BCUT2D eigenvalue weighted by Gasteiger charge is 2.45. The van der Waals surface area contributed by atoms with Crippen LogP contribution in [0, 0.1) is 23.7 Å². The van der Waals surface area contributed by atoms with E-state index in [0.29, 0.717) is 40.1 Å². The molecule has 0 saturated heterocycles. The molecule has 0 saturated carbocycles. The van der Waals surface area contributed by atoms with Crippen molar-refractivity contribution in [3.8, 4) is 23.7 Å². The van der Waals surface area contributed by atoms with E-state index in [1.54, 1.807) is 48.8 Å². The number of carbonyl (C=O) groups excluding carboxylic acids is 4. The van der Waals surface area contributed by atoms with Crippen LogP contribution in [0.25, 0.3) is 0 Å². The summed E-state index contributed by atoms with van der Waals surface area (Å²) < 4.78 is 47.5. The number of hydrogen-bond acceptors (Lipinski definition) is 13. The highest BCUT2D eigenvalue weighted by molar-refractivity contribution is 7.93. The minimum absolute atomic E-state index is 0.00452. The fraction of sp³-hybridized carbons (Fsp3) is 0.364. The van der Waals surface area contributed by atoms with Gasteiger partial charge in [-0.25, -0.2) is 37.4 Å². The lowest BCUT2D eigenvalue weighted by atomic mass is 10.1. The Labute approximate surface area is 376 Å². The summed E-state index contributed by atoms with van der Waals surface area (Å²) >= 11 is 0. The molecule has 0 radical (unpaired) electrons. The number of fused-ring (bicyclic) bond motifs is 2. The molecule has 0 aliphatic carbocycles. The summed E-state index contributed by atoms with van der Waals surface area (Å²) in [6.07, 6.45) is 4.35. The number of nitrogens with zero attached hydrogens (tertiary/aromatic N) is 4. The molecule has 65 heavy (non-hydrogen) atoms. The van der Waals surface area contributed by atoms with Crippen molar-refractivity contribution in [2.75, 3.05) is 38.8 Å². The van der Waals surface area contributed by atoms with Crippen LogP contribution < -0.4 is 11.0 Å². The fourth-order valence-corrected chi connectivity index (χ4v) is 8.56. The van der Waals surface area contributed by atoms with Gasteiger partial charge in [0.2, 0.25) is 0 Å². The standard InChI is InChI=1S/C22H25N3O7S.C22H25N3O6S/c1-22(20(28)23-30,33(2,31)32)9-10-24-13-18-11-16(12-25(18)21(24)29)4-3-15-5-7-17(8-6-15)19(27)14-26;1-22(20(27)23-29,32(2,30)31)10-11-24-15-19-13-18(14-25(19)21(24)28)8-7-16-3-5-17(6-4-16)9-12-26/h5-8,11-12,19,26-27,30H,9-10,13-14H2,1-2H3,(H,23,28);3-6,13-14,26,29H,9-12,15H2,1-2H3,(H,23,27)/t19-,22+;22-/m01/s1. The Morgan fingerprint density at radius 1 is 0.677 bits per heavy atom. The van der Waals surface area contributed by atoms with E-state index in [0.717, 1.165) is 23.6 Å². The molecular weight excluding hydrogens is 885 g/mol. The van der Waals surface area contributed by atoms with Crippen LogP contribution in [0.1, 0.15) is 77.6 Å². The predicted molar refractivity (Wildman–Crippen MR) is 235 cm³/mol. The highest BCUT2D eigenvalue weighted by Crippen LogP contribution is 2.27. The van der Waals surface area contributed by atoms with Crippen molar-refractivity contribution < 1.29 is 61.7 Å². The highest BCUT2D eigenvalue weighted by atomic mass is 32.2. The van der Waals surface area contributed by atoms with Crippen molar-refractivity contribution in [3.63, 3.8) is 0 Å². The summed E-state index contributed by atoms with van der Waals surface area (Å²) in [4.78, 5) is 52.2. The van der Waals surface area contributed by atoms with Gasteiger partial charge in [0.15, 0.2) is 29.2 Å². The zero-order chi connectivity index (χ0) is 47.9. The van der Waals surface area contributed by atoms with Crippen LogP contribution >= 0.6 is 0 Å². The zero-order valence-electron chi connectivity index (χ0n) is 36.0. The molecule has 6 rings (SSSR count). The van der Waals surface area contributed by atoms with Crippen LogP contribution in [0.2, 0.25) is 0 Å². The minimum Gasteiger partial charge on any atom is -0.396 e. The first-order valence-corrected chi connectivity index (χ1v) is 23.8.